The maximum Gasteiger partial charge on any atom is 0.227 e. The van der Waals surface area contributed by atoms with Crippen molar-refractivity contribution in [3.05, 3.63) is 35.9 Å². The Balaban J connectivity index is 0.00000280. The van der Waals surface area contributed by atoms with Gasteiger partial charge in [-0.15, -0.1) is 12.4 Å². The number of hydrogen-bond donors (Lipinski definition) is 1. The van der Waals surface area contributed by atoms with E-state index in [-0.39, 0.29) is 30.0 Å². The summed E-state index contributed by atoms with van der Waals surface area (Å²) in [6.45, 7) is 3.34. The molecule has 2 saturated heterocycles. The van der Waals surface area contributed by atoms with Crippen LogP contribution in [0.3, 0.4) is 0 Å². The van der Waals surface area contributed by atoms with Gasteiger partial charge in [0.15, 0.2) is 0 Å². The zero-order chi connectivity index (χ0) is 19.3. The molecule has 2 aliphatic rings. The molecule has 2 unspecified atom stereocenters. The van der Waals surface area contributed by atoms with Crippen LogP contribution in [0.1, 0.15) is 31.2 Å². The fourth-order valence-corrected chi connectivity index (χ4v) is 5.86. The first-order valence-electron chi connectivity index (χ1n) is 9.94. The van der Waals surface area contributed by atoms with Crippen LogP contribution in [0.2, 0.25) is 0 Å². The van der Waals surface area contributed by atoms with E-state index in [1.807, 2.05) is 42.3 Å². The first kappa shape index (κ1) is 23.1. The van der Waals surface area contributed by atoms with Gasteiger partial charge < -0.3 is 10.2 Å². The van der Waals surface area contributed by atoms with Crippen molar-refractivity contribution in [2.24, 2.45) is 11.8 Å². The number of sulfonamides is 1. The second-order valence-corrected chi connectivity index (χ2v) is 9.76. The number of likely N-dealkylation sites (tertiary alicyclic amines) is 1. The number of nitrogens with zero attached hydrogens (tertiary/aromatic N) is 2. The maximum absolute atomic E-state index is 13.0. The van der Waals surface area contributed by atoms with Gasteiger partial charge in [-0.25, -0.2) is 12.7 Å². The minimum Gasteiger partial charge on any atom is -0.342 e. The quantitative estimate of drug-likeness (QED) is 0.751. The van der Waals surface area contributed by atoms with Crippen molar-refractivity contribution >= 4 is 28.3 Å². The van der Waals surface area contributed by atoms with E-state index in [4.69, 9.17) is 0 Å². The lowest BCUT2D eigenvalue weighted by Gasteiger charge is -2.38. The lowest BCUT2D eigenvalue weighted by Crippen LogP contribution is -2.50. The molecule has 2 aliphatic heterocycles. The number of piperidine rings is 2. The van der Waals surface area contributed by atoms with Crippen LogP contribution < -0.4 is 5.32 Å². The molecule has 0 spiro atoms. The van der Waals surface area contributed by atoms with Crippen molar-refractivity contribution in [3.63, 3.8) is 0 Å². The number of amides is 1. The number of nitrogens with one attached hydrogen (secondary N) is 1. The maximum atomic E-state index is 13.0. The molecule has 8 heteroatoms. The Morgan fingerprint density at radius 3 is 2.54 bits per heavy atom. The summed E-state index contributed by atoms with van der Waals surface area (Å²) in [4.78, 5) is 15.0. The summed E-state index contributed by atoms with van der Waals surface area (Å²) in [5.74, 6) is 0.421. The Labute approximate surface area is 175 Å². The third-order valence-corrected chi connectivity index (χ3v) is 7.46. The normalized spacial score (nSPS) is 23.8. The monoisotopic (exact) mass is 429 g/mol. The van der Waals surface area contributed by atoms with Crippen molar-refractivity contribution in [2.75, 3.05) is 39.8 Å². The molecule has 1 aromatic carbocycles. The molecule has 3 rings (SSSR count). The number of halogens is 1. The van der Waals surface area contributed by atoms with E-state index in [0.717, 1.165) is 50.9 Å². The first-order chi connectivity index (χ1) is 13.0. The summed E-state index contributed by atoms with van der Waals surface area (Å²) in [6, 6.07) is 9.25. The fourth-order valence-electron chi connectivity index (χ4n) is 4.25. The number of carbonyl (C=O) groups excluding carboxylic acids is 1. The molecule has 158 valence electrons. The summed E-state index contributed by atoms with van der Waals surface area (Å²) < 4.78 is 27.2. The summed E-state index contributed by atoms with van der Waals surface area (Å²) in [6.07, 6.45) is 3.70. The minimum absolute atomic E-state index is 0. The average molecular weight is 430 g/mol. The Morgan fingerprint density at radius 1 is 1.11 bits per heavy atom. The van der Waals surface area contributed by atoms with E-state index in [1.165, 1.54) is 4.31 Å². The summed E-state index contributed by atoms with van der Waals surface area (Å²) >= 11 is 0. The summed E-state index contributed by atoms with van der Waals surface area (Å²) in [5.41, 5.74) is 0.789. The molecule has 1 amide bonds. The van der Waals surface area contributed by atoms with Crippen LogP contribution in [0.25, 0.3) is 0 Å². The van der Waals surface area contributed by atoms with Gasteiger partial charge >= 0.3 is 0 Å². The van der Waals surface area contributed by atoms with Gasteiger partial charge in [0.1, 0.15) is 0 Å². The molecule has 0 bridgehead atoms. The SMILES string of the molecule is CNCC1CCCN(C(=O)C2CCCN(S(=O)(=O)Cc3ccccc3)C2)C1.Cl. The van der Waals surface area contributed by atoms with Gasteiger partial charge in [-0.2, -0.15) is 0 Å². The summed E-state index contributed by atoms with van der Waals surface area (Å²) in [7, 11) is -1.46. The van der Waals surface area contributed by atoms with Gasteiger partial charge in [0.25, 0.3) is 0 Å². The Morgan fingerprint density at radius 2 is 1.82 bits per heavy atom. The highest BCUT2D eigenvalue weighted by atomic mass is 35.5. The molecule has 2 heterocycles. The predicted octanol–water partition coefficient (Wildman–Crippen LogP) is 2.11. The zero-order valence-electron chi connectivity index (χ0n) is 16.5. The molecule has 0 saturated carbocycles. The number of carbonyl (C=O) groups is 1. The second-order valence-electron chi connectivity index (χ2n) is 7.79. The Hall–Kier alpha value is -1.15. The number of benzene rings is 1. The molecule has 0 aromatic heterocycles. The lowest BCUT2D eigenvalue weighted by molar-refractivity contribution is -0.138. The molecule has 0 radical (unpaired) electrons. The Bertz CT molecular complexity index is 727. The van der Waals surface area contributed by atoms with Gasteiger partial charge in [-0.1, -0.05) is 30.3 Å². The van der Waals surface area contributed by atoms with E-state index in [9.17, 15) is 13.2 Å². The van der Waals surface area contributed by atoms with E-state index in [0.29, 0.717) is 19.0 Å². The standard InChI is InChI=1S/C20H31N3O3S.ClH/c1-21-13-18-9-5-11-22(14-18)20(24)19-10-6-12-23(15-19)27(25,26)16-17-7-3-2-4-8-17;/h2-4,7-8,18-19,21H,5-6,9-16H2,1H3;1H. The average Bonchev–Trinajstić information content (AvgIpc) is 2.68. The molecule has 1 N–H and O–H groups in total. The predicted molar refractivity (Wildman–Crippen MR) is 114 cm³/mol. The first-order valence-corrected chi connectivity index (χ1v) is 11.6. The van der Waals surface area contributed by atoms with Gasteiger partial charge in [-0.3, -0.25) is 4.79 Å². The van der Waals surface area contributed by atoms with Gasteiger partial charge in [0.05, 0.1) is 11.7 Å². The third-order valence-electron chi connectivity index (χ3n) is 5.64. The van der Waals surface area contributed by atoms with Crippen molar-refractivity contribution in [1.82, 2.24) is 14.5 Å². The van der Waals surface area contributed by atoms with E-state index in [1.54, 1.807) is 0 Å². The molecule has 6 nitrogen and oxygen atoms in total. The minimum atomic E-state index is -3.40. The van der Waals surface area contributed by atoms with Gasteiger partial charge in [0.2, 0.25) is 15.9 Å². The van der Waals surface area contributed by atoms with E-state index < -0.39 is 10.0 Å². The van der Waals surface area contributed by atoms with Crippen LogP contribution in [0.4, 0.5) is 0 Å². The Kier molecular flexibility index (Phi) is 8.74. The van der Waals surface area contributed by atoms with Crippen molar-refractivity contribution < 1.29 is 13.2 Å². The van der Waals surface area contributed by atoms with Gasteiger partial charge in [-0.05, 0) is 50.8 Å². The second kappa shape index (κ2) is 10.6. The topological polar surface area (TPSA) is 69.7 Å². The van der Waals surface area contributed by atoms with Crippen molar-refractivity contribution in [1.29, 1.82) is 0 Å². The van der Waals surface area contributed by atoms with Crippen LogP contribution in [-0.2, 0) is 20.6 Å². The van der Waals surface area contributed by atoms with E-state index in [2.05, 4.69) is 5.32 Å². The van der Waals surface area contributed by atoms with Crippen LogP contribution >= 0.6 is 12.4 Å². The number of rotatable bonds is 6. The summed E-state index contributed by atoms with van der Waals surface area (Å²) in [5, 5.41) is 3.20. The highest BCUT2D eigenvalue weighted by Gasteiger charge is 2.35. The van der Waals surface area contributed by atoms with E-state index >= 15 is 0 Å². The molecular weight excluding hydrogens is 398 g/mol. The highest BCUT2D eigenvalue weighted by molar-refractivity contribution is 7.88. The highest BCUT2D eigenvalue weighted by Crippen LogP contribution is 2.25. The largest absolute Gasteiger partial charge is 0.342 e. The smallest absolute Gasteiger partial charge is 0.227 e. The molecular formula is C20H32ClN3O3S. The number of hydrogen-bond acceptors (Lipinski definition) is 4. The molecule has 0 aliphatic carbocycles. The lowest BCUT2D eigenvalue weighted by atomic mass is 9.93. The van der Waals surface area contributed by atoms with Crippen molar-refractivity contribution in [2.45, 2.75) is 31.4 Å². The van der Waals surface area contributed by atoms with Crippen LogP contribution in [0, 0.1) is 11.8 Å². The van der Waals surface area contributed by atoms with Crippen LogP contribution in [-0.4, -0.2) is 63.3 Å². The van der Waals surface area contributed by atoms with Crippen LogP contribution in [0.5, 0.6) is 0 Å². The zero-order valence-corrected chi connectivity index (χ0v) is 18.2. The van der Waals surface area contributed by atoms with Crippen molar-refractivity contribution in [3.8, 4) is 0 Å². The molecule has 1 aromatic rings. The van der Waals surface area contributed by atoms with Gasteiger partial charge in [0, 0.05) is 26.2 Å². The molecule has 2 atom stereocenters. The molecule has 2 fully saturated rings. The molecule has 28 heavy (non-hydrogen) atoms. The fraction of sp³-hybridized carbons (Fsp3) is 0.650. The van der Waals surface area contributed by atoms with Crippen LogP contribution in [0.15, 0.2) is 30.3 Å². The third kappa shape index (κ3) is 5.92.